The first-order valence-corrected chi connectivity index (χ1v) is 13.0. The lowest BCUT2D eigenvalue weighted by Crippen LogP contribution is -2.27. The van der Waals surface area contributed by atoms with E-state index in [2.05, 4.69) is 5.16 Å². The number of nitrogens with zero attached hydrogens (tertiary/aromatic N) is 2. The van der Waals surface area contributed by atoms with Crippen LogP contribution in [0, 0.1) is 5.41 Å². The largest absolute Gasteiger partial charge is 0.511 e. The van der Waals surface area contributed by atoms with E-state index in [0.29, 0.717) is 59.8 Å². The number of aromatic nitrogens is 1. The molecule has 1 heterocycles. The number of methoxy groups -OCH3 is 1. The summed E-state index contributed by atoms with van der Waals surface area (Å²) in [5.41, 5.74) is 3.40. The van der Waals surface area contributed by atoms with E-state index < -0.39 is 0 Å². The summed E-state index contributed by atoms with van der Waals surface area (Å²) in [6.07, 6.45) is 2.32. The Hall–Kier alpha value is -4.00. The van der Waals surface area contributed by atoms with Gasteiger partial charge in [0.15, 0.2) is 11.6 Å². The first-order valence-electron chi connectivity index (χ1n) is 13.0. The van der Waals surface area contributed by atoms with Gasteiger partial charge in [-0.25, -0.2) is 0 Å². The molecule has 2 aliphatic rings. The summed E-state index contributed by atoms with van der Waals surface area (Å²) in [6, 6.07) is 17.2. The van der Waals surface area contributed by atoms with Crippen molar-refractivity contribution >= 4 is 23.0 Å². The zero-order valence-corrected chi connectivity index (χ0v) is 22.0. The van der Waals surface area contributed by atoms with Crippen molar-refractivity contribution in [3.05, 3.63) is 88.5 Å². The van der Waals surface area contributed by atoms with Crippen LogP contribution in [0.25, 0.3) is 0 Å². The van der Waals surface area contributed by atoms with Crippen LogP contribution in [0.5, 0.6) is 5.75 Å². The molecule has 1 N–H and O–H groups in total. The number of aliphatic imine (C=N–C) groups is 1. The molecule has 0 spiro atoms. The van der Waals surface area contributed by atoms with E-state index in [9.17, 15) is 14.7 Å². The lowest BCUT2D eigenvalue weighted by Gasteiger charge is -2.27. The Bertz CT molecular complexity index is 1430. The van der Waals surface area contributed by atoms with E-state index in [1.807, 2.05) is 62.4 Å². The number of aliphatic hydroxyl groups is 1. The second-order valence-corrected chi connectivity index (χ2v) is 10.9. The molecule has 1 atom stereocenters. The van der Waals surface area contributed by atoms with Gasteiger partial charge in [-0.2, -0.15) is 0 Å². The average Bonchev–Trinajstić information content (AvgIpc) is 3.29. The van der Waals surface area contributed by atoms with Crippen molar-refractivity contribution in [2.75, 3.05) is 7.11 Å². The Balaban J connectivity index is 1.46. The van der Waals surface area contributed by atoms with Gasteiger partial charge in [0.25, 0.3) is 0 Å². The first kappa shape index (κ1) is 25.6. The first-order chi connectivity index (χ1) is 18.2. The molecule has 196 valence electrons. The number of carbonyl (C=O) groups excluding carboxylic acids is 2. The maximum atomic E-state index is 13.4. The standard InChI is InChI=1S/C31H32N2O5/c1-31(2)17-27(36)30-23(33-38-28(30)18-31)12-13-25(34)29-24(32-21-10-7-11-22(16-21)37-3)14-20(15-26(29)35)19-8-5-4-6-9-19/h4-11,16,20,34H,12-15,17-18H2,1-3H3/b29-25+,32-24?. The predicted molar refractivity (Wildman–Crippen MR) is 144 cm³/mol. The fourth-order valence-electron chi connectivity index (χ4n) is 5.47. The van der Waals surface area contributed by atoms with Crippen molar-refractivity contribution in [3.63, 3.8) is 0 Å². The van der Waals surface area contributed by atoms with E-state index in [1.54, 1.807) is 13.2 Å². The quantitative estimate of drug-likeness (QED) is 0.299. The summed E-state index contributed by atoms with van der Waals surface area (Å²) in [7, 11) is 1.59. The molecule has 2 aliphatic carbocycles. The molecule has 1 aromatic heterocycles. The summed E-state index contributed by atoms with van der Waals surface area (Å²) >= 11 is 0. The molecule has 0 saturated heterocycles. The smallest absolute Gasteiger partial charge is 0.168 e. The Morgan fingerprint density at radius 3 is 2.63 bits per heavy atom. The summed E-state index contributed by atoms with van der Waals surface area (Å²) in [5.74, 6) is 1.06. The van der Waals surface area contributed by atoms with Crippen LogP contribution in [0.4, 0.5) is 5.69 Å². The Morgan fingerprint density at radius 1 is 1.08 bits per heavy atom. The van der Waals surface area contributed by atoms with Gasteiger partial charge in [-0.1, -0.05) is 55.4 Å². The number of ether oxygens (including phenoxy) is 1. The van der Waals surface area contributed by atoms with Gasteiger partial charge >= 0.3 is 0 Å². The van der Waals surface area contributed by atoms with Gasteiger partial charge in [0.2, 0.25) is 0 Å². The molecule has 38 heavy (non-hydrogen) atoms. The lowest BCUT2D eigenvalue weighted by molar-refractivity contribution is -0.116. The molecule has 7 nitrogen and oxygen atoms in total. The third-order valence-electron chi connectivity index (χ3n) is 7.31. The Kier molecular flexibility index (Phi) is 7.02. The fourth-order valence-corrected chi connectivity index (χ4v) is 5.47. The van der Waals surface area contributed by atoms with Crippen LogP contribution in [0.1, 0.15) is 72.8 Å². The van der Waals surface area contributed by atoms with Crippen molar-refractivity contribution in [2.24, 2.45) is 10.4 Å². The second-order valence-electron chi connectivity index (χ2n) is 10.9. The Labute approximate surface area is 222 Å². The minimum Gasteiger partial charge on any atom is -0.511 e. The maximum absolute atomic E-state index is 13.4. The highest BCUT2D eigenvalue weighted by Crippen LogP contribution is 2.38. The molecule has 5 rings (SSSR count). The normalized spacial score (nSPS) is 21.3. The van der Waals surface area contributed by atoms with Crippen molar-refractivity contribution in [1.29, 1.82) is 0 Å². The molecular formula is C31H32N2O5. The van der Waals surface area contributed by atoms with Crippen molar-refractivity contribution in [2.45, 2.75) is 58.3 Å². The fraction of sp³-hybridized carbons (Fsp3) is 0.355. The van der Waals surface area contributed by atoms with Crippen molar-refractivity contribution in [3.8, 4) is 5.75 Å². The molecule has 1 fully saturated rings. The number of rotatable bonds is 6. The number of Topliss-reactive ketones (excluding diaryl/α,β-unsaturated/α-hetero) is 2. The van der Waals surface area contributed by atoms with Gasteiger partial charge in [0.05, 0.1) is 35.3 Å². The van der Waals surface area contributed by atoms with Crippen LogP contribution in [0.2, 0.25) is 0 Å². The monoisotopic (exact) mass is 512 g/mol. The molecule has 1 saturated carbocycles. The molecule has 0 bridgehead atoms. The van der Waals surface area contributed by atoms with Crippen LogP contribution < -0.4 is 4.74 Å². The molecular weight excluding hydrogens is 480 g/mol. The van der Waals surface area contributed by atoms with Gasteiger partial charge in [0.1, 0.15) is 17.3 Å². The van der Waals surface area contributed by atoms with Crippen LogP contribution in [-0.2, 0) is 17.6 Å². The van der Waals surface area contributed by atoms with E-state index in [4.69, 9.17) is 14.3 Å². The minimum atomic E-state index is -0.166. The number of ketones is 2. The average molecular weight is 513 g/mol. The molecule has 7 heteroatoms. The van der Waals surface area contributed by atoms with Gasteiger partial charge in [0, 0.05) is 38.2 Å². The summed E-state index contributed by atoms with van der Waals surface area (Å²) in [5, 5.41) is 15.4. The van der Waals surface area contributed by atoms with Crippen molar-refractivity contribution in [1.82, 2.24) is 5.16 Å². The maximum Gasteiger partial charge on any atom is 0.168 e. The van der Waals surface area contributed by atoms with Crippen molar-refractivity contribution < 1.29 is 24.0 Å². The zero-order valence-electron chi connectivity index (χ0n) is 22.0. The SMILES string of the molecule is COc1cccc(N=C2CC(c3ccccc3)CC(=O)/C2=C(/O)CCc2noc3c2C(=O)CC(C)(C)C3)c1. The zero-order chi connectivity index (χ0) is 26.9. The highest BCUT2D eigenvalue weighted by atomic mass is 16.5. The number of hydrogen-bond acceptors (Lipinski definition) is 7. The number of allylic oxidation sites excluding steroid dienone is 2. The predicted octanol–water partition coefficient (Wildman–Crippen LogP) is 6.50. The number of benzene rings is 2. The van der Waals surface area contributed by atoms with Gasteiger partial charge < -0.3 is 14.4 Å². The topological polar surface area (TPSA) is 102 Å². The molecule has 0 amide bonds. The van der Waals surface area contributed by atoms with Gasteiger partial charge in [-0.3, -0.25) is 14.6 Å². The van der Waals surface area contributed by atoms with Crippen LogP contribution >= 0.6 is 0 Å². The van der Waals surface area contributed by atoms with E-state index in [1.165, 1.54) is 0 Å². The highest BCUT2D eigenvalue weighted by molar-refractivity contribution is 6.25. The van der Waals surface area contributed by atoms with Crippen LogP contribution in [-0.4, -0.2) is 34.7 Å². The summed E-state index contributed by atoms with van der Waals surface area (Å²) in [4.78, 5) is 31.1. The number of fused-ring (bicyclic) bond motifs is 1. The summed E-state index contributed by atoms with van der Waals surface area (Å²) in [6.45, 7) is 4.07. The molecule has 0 radical (unpaired) electrons. The molecule has 2 aromatic carbocycles. The van der Waals surface area contributed by atoms with Gasteiger partial charge in [-0.15, -0.1) is 0 Å². The summed E-state index contributed by atoms with van der Waals surface area (Å²) < 4.78 is 10.8. The van der Waals surface area contributed by atoms with Gasteiger partial charge in [-0.05, 0) is 35.4 Å². The second kappa shape index (κ2) is 10.4. The van der Waals surface area contributed by atoms with Crippen LogP contribution in [0.3, 0.4) is 0 Å². The lowest BCUT2D eigenvalue weighted by atomic mass is 9.76. The highest BCUT2D eigenvalue weighted by Gasteiger charge is 2.37. The third kappa shape index (κ3) is 5.32. The van der Waals surface area contributed by atoms with Crippen LogP contribution in [0.15, 0.2) is 75.4 Å². The molecule has 1 unspecified atom stereocenters. The van der Waals surface area contributed by atoms with E-state index >= 15 is 0 Å². The number of carbonyl (C=O) groups is 2. The minimum absolute atomic E-state index is 0.0133. The molecule has 3 aromatic rings. The van der Waals surface area contributed by atoms with E-state index in [0.717, 1.165) is 5.56 Å². The van der Waals surface area contributed by atoms with E-state index in [-0.39, 0.29) is 47.1 Å². The number of hydrogen-bond donors (Lipinski definition) is 1. The number of aryl methyl sites for hydroxylation is 1. The Morgan fingerprint density at radius 2 is 1.87 bits per heavy atom. The molecule has 0 aliphatic heterocycles. The number of aliphatic hydroxyl groups excluding tert-OH is 1. The third-order valence-corrected chi connectivity index (χ3v) is 7.31.